The number of phenolic OH excluding ortho intramolecular Hbond substituents is 1. The van der Waals surface area contributed by atoms with Gasteiger partial charge >= 0.3 is 0 Å². The molecule has 4 nitrogen and oxygen atoms in total. The normalized spacial score (nSPS) is 13.5. The van der Waals surface area contributed by atoms with Crippen LogP contribution in [0, 0.1) is 0 Å². The Balaban J connectivity index is 2.43. The van der Waals surface area contributed by atoms with E-state index in [-0.39, 0.29) is 11.8 Å². The number of halogens is 1. The van der Waals surface area contributed by atoms with Gasteiger partial charge in [-0.2, -0.15) is 0 Å². The van der Waals surface area contributed by atoms with Crippen molar-refractivity contribution in [2.45, 2.75) is 25.8 Å². The average molecular weight is 278 g/mol. The lowest BCUT2D eigenvalue weighted by atomic mass is 10.1. The maximum absolute atomic E-state index is 11.2. The number of phenols is 1. The minimum absolute atomic E-state index is 0.160. The van der Waals surface area contributed by atoms with Gasteiger partial charge in [-0.3, -0.25) is 0 Å². The molecule has 1 aromatic carbocycles. The van der Waals surface area contributed by atoms with Crippen molar-refractivity contribution in [3.63, 3.8) is 0 Å². The summed E-state index contributed by atoms with van der Waals surface area (Å²) in [5.41, 5.74) is 1.06. The van der Waals surface area contributed by atoms with Crippen molar-refractivity contribution in [1.82, 2.24) is 4.72 Å². The third-order valence-corrected chi connectivity index (χ3v) is 4.24. The second-order valence-electron chi connectivity index (χ2n) is 3.95. The van der Waals surface area contributed by atoms with Crippen molar-refractivity contribution in [2.75, 3.05) is 5.21 Å². The Morgan fingerprint density at radius 1 is 1.35 bits per heavy atom. The second kappa shape index (κ2) is 6.23. The highest BCUT2D eigenvalue weighted by Crippen LogP contribution is 2.12. The Morgan fingerprint density at radius 3 is 2.47 bits per heavy atom. The Hall–Kier alpha value is -0.780. The highest BCUT2D eigenvalue weighted by atomic mass is 35.5. The molecule has 2 N–H and O–H groups in total. The molecular formula is C11H16ClNO3S. The summed E-state index contributed by atoms with van der Waals surface area (Å²) in [6, 6.07) is 6.70. The van der Waals surface area contributed by atoms with E-state index in [1.54, 1.807) is 19.1 Å². The summed E-state index contributed by atoms with van der Waals surface area (Å²) in [6.45, 7) is 1.80. The molecule has 17 heavy (non-hydrogen) atoms. The fourth-order valence-corrected chi connectivity index (χ4v) is 2.43. The summed E-state index contributed by atoms with van der Waals surface area (Å²) >= 11 is 5.29. The molecule has 1 unspecified atom stereocenters. The van der Waals surface area contributed by atoms with Crippen LogP contribution in [0.4, 0.5) is 0 Å². The van der Waals surface area contributed by atoms with Crippen LogP contribution in [-0.4, -0.2) is 24.8 Å². The van der Waals surface area contributed by atoms with Crippen molar-refractivity contribution >= 4 is 21.6 Å². The van der Waals surface area contributed by atoms with Crippen LogP contribution in [0.2, 0.25) is 0 Å². The van der Waals surface area contributed by atoms with Gasteiger partial charge in [0.05, 0.1) is 0 Å². The Morgan fingerprint density at radius 2 is 1.94 bits per heavy atom. The summed E-state index contributed by atoms with van der Waals surface area (Å²) < 4.78 is 24.9. The minimum Gasteiger partial charge on any atom is -0.508 e. The van der Waals surface area contributed by atoms with Gasteiger partial charge in [0.15, 0.2) is 0 Å². The molecule has 0 aliphatic carbocycles. The monoisotopic (exact) mass is 277 g/mol. The number of rotatable bonds is 6. The summed E-state index contributed by atoms with van der Waals surface area (Å²) in [7, 11) is -3.35. The van der Waals surface area contributed by atoms with Gasteiger partial charge in [-0.05, 0) is 37.5 Å². The number of hydrogen-bond donors (Lipinski definition) is 2. The minimum atomic E-state index is -3.35. The molecule has 6 heteroatoms. The molecule has 0 fully saturated rings. The van der Waals surface area contributed by atoms with Gasteiger partial charge in [0.25, 0.3) is 0 Å². The predicted molar refractivity (Wildman–Crippen MR) is 68.7 cm³/mol. The Bertz CT molecular complexity index is 444. The smallest absolute Gasteiger partial charge is 0.225 e. The van der Waals surface area contributed by atoms with Gasteiger partial charge < -0.3 is 5.11 Å². The standard InChI is InChI=1S/C11H16ClNO3S/c1-9(13-17(15,16)8-12)2-3-10-4-6-11(14)7-5-10/h4-7,9,13-14H,2-3,8H2,1H3. The zero-order valence-electron chi connectivity index (χ0n) is 9.56. The van der Waals surface area contributed by atoms with Gasteiger partial charge in [0.1, 0.15) is 11.0 Å². The van der Waals surface area contributed by atoms with E-state index in [2.05, 4.69) is 4.72 Å². The van der Waals surface area contributed by atoms with E-state index in [0.29, 0.717) is 6.42 Å². The average Bonchev–Trinajstić information content (AvgIpc) is 2.28. The lowest BCUT2D eigenvalue weighted by Gasteiger charge is -2.12. The van der Waals surface area contributed by atoms with Crippen molar-refractivity contribution in [3.05, 3.63) is 29.8 Å². The van der Waals surface area contributed by atoms with Gasteiger partial charge in [-0.1, -0.05) is 12.1 Å². The van der Waals surface area contributed by atoms with Crippen LogP contribution in [-0.2, 0) is 16.4 Å². The van der Waals surface area contributed by atoms with Gasteiger partial charge in [-0.15, -0.1) is 11.6 Å². The van der Waals surface area contributed by atoms with E-state index in [1.807, 2.05) is 12.1 Å². The number of alkyl halides is 1. The maximum atomic E-state index is 11.2. The third-order valence-electron chi connectivity index (χ3n) is 2.33. The highest BCUT2D eigenvalue weighted by molar-refractivity contribution is 7.90. The fourth-order valence-electron chi connectivity index (χ4n) is 1.44. The molecular weight excluding hydrogens is 262 g/mol. The lowest BCUT2D eigenvalue weighted by molar-refractivity contribution is 0.475. The van der Waals surface area contributed by atoms with Crippen molar-refractivity contribution in [1.29, 1.82) is 0 Å². The first-order valence-corrected chi connectivity index (χ1v) is 7.45. The van der Waals surface area contributed by atoms with E-state index >= 15 is 0 Å². The topological polar surface area (TPSA) is 66.4 Å². The van der Waals surface area contributed by atoms with Crippen LogP contribution >= 0.6 is 11.6 Å². The number of sulfonamides is 1. The van der Waals surface area contributed by atoms with E-state index in [9.17, 15) is 8.42 Å². The number of aromatic hydroxyl groups is 1. The van der Waals surface area contributed by atoms with Crippen LogP contribution in [0.1, 0.15) is 18.9 Å². The molecule has 0 radical (unpaired) electrons. The Labute approximate surface area is 107 Å². The molecule has 0 saturated heterocycles. The van der Waals surface area contributed by atoms with E-state index in [4.69, 9.17) is 16.7 Å². The maximum Gasteiger partial charge on any atom is 0.225 e. The molecule has 0 amide bonds. The van der Waals surface area contributed by atoms with Crippen LogP contribution in [0.25, 0.3) is 0 Å². The first kappa shape index (κ1) is 14.3. The van der Waals surface area contributed by atoms with Crippen LogP contribution < -0.4 is 4.72 Å². The predicted octanol–water partition coefficient (Wildman–Crippen LogP) is 1.83. The molecule has 0 heterocycles. The van der Waals surface area contributed by atoms with Crippen LogP contribution in [0.3, 0.4) is 0 Å². The largest absolute Gasteiger partial charge is 0.508 e. The number of benzene rings is 1. The highest BCUT2D eigenvalue weighted by Gasteiger charge is 2.12. The SMILES string of the molecule is CC(CCc1ccc(O)cc1)NS(=O)(=O)CCl. The van der Waals surface area contributed by atoms with E-state index in [0.717, 1.165) is 12.0 Å². The lowest BCUT2D eigenvalue weighted by Crippen LogP contribution is -2.33. The molecule has 0 aliphatic heterocycles. The van der Waals surface area contributed by atoms with Crippen LogP contribution in [0.5, 0.6) is 5.75 Å². The number of nitrogens with one attached hydrogen (secondary N) is 1. The molecule has 0 spiro atoms. The molecule has 1 atom stereocenters. The molecule has 1 rings (SSSR count). The van der Waals surface area contributed by atoms with E-state index < -0.39 is 15.2 Å². The number of hydrogen-bond acceptors (Lipinski definition) is 3. The zero-order valence-corrected chi connectivity index (χ0v) is 11.1. The molecule has 96 valence electrons. The summed E-state index contributed by atoms with van der Waals surface area (Å²) in [5, 5.41) is 8.69. The molecule has 0 aliphatic rings. The van der Waals surface area contributed by atoms with Crippen molar-refractivity contribution < 1.29 is 13.5 Å². The molecule has 0 saturated carbocycles. The zero-order chi connectivity index (χ0) is 12.9. The summed E-state index contributed by atoms with van der Waals surface area (Å²) in [6.07, 6.45) is 1.42. The fraction of sp³-hybridized carbons (Fsp3) is 0.455. The summed E-state index contributed by atoms with van der Waals surface area (Å²) in [5.74, 6) is 0.227. The third kappa shape index (κ3) is 5.39. The van der Waals surface area contributed by atoms with Crippen LogP contribution in [0.15, 0.2) is 24.3 Å². The first-order chi connectivity index (χ1) is 7.93. The number of aryl methyl sites for hydroxylation is 1. The van der Waals surface area contributed by atoms with Crippen molar-refractivity contribution in [3.8, 4) is 5.75 Å². The molecule has 0 bridgehead atoms. The second-order valence-corrected chi connectivity index (χ2v) is 6.29. The van der Waals surface area contributed by atoms with Gasteiger partial charge in [0.2, 0.25) is 10.0 Å². The van der Waals surface area contributed by atoms with Gasteiger partial charge in [-0.25, -0.2) is 13.1 Å². The van der Waals surface area contributed by atoms with E-state index in [1.165, 1.54) is 0 Å². The first-order valence-electron chi connectivity index (χ1n) is 5.27. The van der Waals surface area contributed by atoms with Gasteiger partial charge in [0, 0.05) is 6.04 Å². The Kier molecular flexibility index (Phi) is 5.24. The quantitative estimate of drug-likeness (QED) is 0.780. The summed E-state index contributed by atoms with van der Waals surface area (Å²) in [4.78, 5) is 0. The molecule has 1 aromatic rings. The molecule has 0 aromatic heterocycles. The van der Waals surface area contributed by atoms with Crippen molar-refractivity contribution in [2.24, 2.45) is 0 Å².